The number of rotatable bonds is 4. The highest BCUT2D eigenvalue weighted by molar-refractivity contribution is 7.98. The van der Waals surface area contributed by atoms with E-state index in [0.717, 1.165) is 4.90 Å². The van der Waals surface area contributed by atoms with Crippen LogP contribution >= 0.6 is 11.8 Å². The highest BCUT2D eigenvalue weighted by atomic mass is 32.2. The van der Waals surface area contributed by atoms with Crippen molar-refractivity contribution in [1.29, 1.82) is 0 Å². The van der Waals surface area contributed by atoms with Crippen LogP contribution < -0.4 is 0 Å². The summed E-state index contributed by atoms with van der Waals surface area (Å²) in [6.07, 6.45) is 0.975. The van der Waals surface area contributed by atoms with Gasteiger partial charge in [0.15, 0.2) is 9.84 Å². The molecule has 0 radical (unpaired) electrons. The minimum Gasteiger partial charge on any atom is -0.444 e. The number of aliphatic hydroxyl groups excluding tert-OH is 1. The first-order valence-electron chi connectivity index (χ1n) is 8.54. The number of β-amino-alcohol motifs (C(OH)–C–C–N with tert-alkyl or cyclic N) is 1. The van der Waals surface area contributed by atoms with Crippen molar-refractivity contribution in [1.82, 2.24) is 4.90 Å². The summed E-state index contributed by atoms with van der Waals surface area (Å²) >= 11 is 1.55. The van der Waals surface area contributed by atoms with Crippen LogP contribution in [-0.4, -0.2) is 61.3 Å². The van der Waals surface area contributed by atoms with Crippen molar-refractivity contribution in [3.8, 4) is 0 Å². The van der Waals surface area contributed by atoms with Gasteiger partial charge in [-0.25, -0.2) is 13.2 Å². The third kappa shape index (κ3) is 5.62. The van der Waals surface area contributed by atoms with Gasteiger partial charge in [0.2, 0.25) is 0 Å². The molecule has 1 fully saturated rings. The Morgan fingerprint density at radius 3 is 2.42 bits per heavy atom. The van der Waals surface area contributed by atoms with Gasteiger partial charge in [0.05, 0.1) is 23.3 Å². The van der Waals surface area contributed by atoms with Crippen LogP contribution in [0.25, 0.3) is 0 Å². The van der Waals surface area contributed by atoms with Crippen molar-refractivity contribution in [3.63, 3.8) is 0 Å². The summed E-state index contributed by atoms with van der Waals surface area (Å²) in [5, 5.41) is 10.4. The Kier molecular flexibility index (Phi) is 6.63. The number of benzene rings is 1. The molecule has 0 saturated carbocycles. The van der Waals surface area contributed by atoms with E-state index >= 15 is 0 Å². The number of amides is 1. The van der Waals surface area contributed by atoms with E-state index in [4.69, 9.17) is 4.74 Å². The number of carbonyl (C=O) groups excluding carboxylic acids is 1. The molecule has 0 aliphatic carbocycles. The van der Waals surface area contributed by atoms with Crippen LogP contribution in [0.3, 0.4) is 0 Å². The lowest BCUT2D eigenvalue weighted by Gasteiger charge is -2.36. The summed E-state index contributed by atoms with van der Waals surface area (Å²) in [5.74, 6) is -0.534. The third-order valence-electron chi connectivity index (χ3n) is 4.23. The normalized spacial score (nSPS) is 21.5. The maximum Gasteiger partial charge on any atom is 0.410 e. The summed E-state index contributed by atoms with van der Waals surface area (Å²) < 4.78 is 30.6. The minimum atomic E-state index is -3.49. The molecule has 1 saturated heterocycles. The Bertz CT molecular complexity index is 725. The first-order valence-corrected chi connectivity index (χ1v) is 11.4. The Morgan fingerprint density at radius 1 is 1.31 bits per heavy atom. The van der Waals surface area contributed by atoms with E-state index in [2.05, 4.69) is 0 Å². The Hall–Kier alpha value is -1.25. The number of aliphatic hydroxyl groups is 1. The quantitative estimate of drug-likeness (QED) is 0.781. The number of likely N-dealkylation sites (tertiary alicyclic amines) is 1. The minimum absolute atomic E-state index is 0.0838. The average molecular weight is 402 g/mol. The summed E-state index contributed by atoms with van der Waals surface area (Å²) in [4.78, 5) is 14.8. The fourth-order valence-corrected chi connectivity index (χ4v) is 4.93. The maximum atomic E-state index is 12.6. The molecule has 26 heavy (non-hydrogen) atoms. The van der Waals surface area contributed by atoms with Crippen LogP contribution in [0.2, 0.25) is 0 Å². The summed E-state index contributed by atoms with van der Waals surface area (Å²) in [6.45, 7) is 5.80. The van der Waals surface area contributed by atoms with Crippen LogP contribution in [0.5, 0.6) is 0 Å². The van der Waals surface area contributed by atoms with Crippen molar-refractivity contribution in [2.75, 3.05) is 25.1 Å². The molecule has 1 N–H and O–H groups in total. The number of thioether (sulfide) groups is 1. The second-order valence-electron chi connectivity index (χ2n) is 7.50. The first kappa shape index (κ1) is 21.1. The molecule has 0 spiro atoms. The fraction of sp³-hybridized carbons (Fsp3) is 0.611. The largest absolute Gasteiger partial charge is 0.444 e. The number of piperidine rings is 1. The molecule has 146 valence electrons. The summed E-state index contributed by atoms with van der Waals surface area (Å²) in [7, 11) is -3.49. The van der Waals surface area contributed by atoms with Gasteiger partial charge in [-0.2, -0.15) is 0 Å². The molecule has 1 aromatic rings. The Balaban J connectivity index is 1.99. The third-order valence-corrected chi connectivity index (χ3v) is 6.83. The van der Waals surface area contributed by atoms with E-state index in [0.29, 0.717) is 13.0 Å². The van der Waals surface area contributed by atoms with Gasteiger partial charge in [-0.3, -0.25) is 0 Å². The fourth-order valence-electron chi connectivity index (χ4n) is 2.83. The van der Waals surface area contributed by atoms with E-state index < -0.39 is 33.6 Å². The van der Waals surface area contributed by atoms with Gasteiger partial charge < -0.3 is 14.7 Å². The molecule has 1 unspecified atom stereocenters. The highest BCUT2D eigenvalue weighted by Gasteiger charge is 2.35. The molecule has 2 rings (SSSR count). The molecule has 6 nitrogen and oxygen atoms in total. The predicted octanol–water partition coefficient (Wildman–Crippen LogP) is 2.80. The van der Waals surface area contributed by atoms with Crippen molar-refractivity contribution >= 4 is 27.7 Å². The molecule has 0 bridgehead atoms. The number of sulfone groups is 1. The molecular formula is C18H27NO5S2. The lowest BCUT2D eigenvalue weighted by molar-refractivity contribution is -0.00894. The molecule has 1 aliphatic rings. The summed E-state index contributed by atoms with van der Waals surface area (Å²) in [6, 6.07) is 6.75. The monoisotopic (exact) mass is 401 g/mol. The van der Waals surface area contributed by atoms with E-state index in [9.17, 15) is 18.3 Å². The molecule has 1 amide bonds. The van der Waals surface area contributed by atoms with E-state index in [1.165, 1.54) is 4.90 Å². The molecule has 1 heterocycles. The molecule has 2 atom stereocenters. The smallest absolute Gasteiger partial charge is 0.410 e. The molecule has 1 aromatic carbocycles. The first-order chi connectivity index (χ1) is 12.0. The van der Waals surface area contributed by atoms with Crippen LogP contribution in [-0.2, 0) is 14.6 Å². The molecule has 8 heteroatoms. The van der Waals surface area contributed by atoms with Crippen molar-refractivity contribution in [3.05, 3.63) is 24.3 Å². The average Bonchev–Trinajstić information content (AvgIpc) is 2.55. The van der Waals surface area contributed by atoms with Crippen LogP contribution in [0.15, 0.2) is 34.1 Å². The van der Waals surface area contributed by atoms with Crippen LogP contribution in [0.1, 0.15) is 27.2 Å². The topological polar surface area (TPSA) is 83.9 Å². The van der Waals surface area contributed by atoms with Gasteiger partial charge in [-0.05, 0) is 57.7 Å². The molecule has 1 aliphatic heterocycles. The predicted molar refractivity (Wildman–Crippen MR) is 102 cm³/mol. The maximum absolute atomic E-state index is 12.6. The second-order valence-corrected chi connectivity index (χ2v) is 10.4. The number of nitrogens with zero attached hydrogens (tertiary/aromatic N) is 1. The van der Waals surface area contributed by atoms with E-state index in [-0.39, 0.29) is 17.2 Å². The zero-order valence-corrected chi connectivity index (χ0v) is 17.3. The van der Waals surface area contributed by atoms with Crippen LogP contribution in [0.4, 0.5) is 4.79 Å². The molecule has 0 aromatic heterocycles. The zero-order chi connectivity index (χ0) is 19.5. The van der Waals surface area contributed by atoms with E-state index in [1.807, 2.05) is 6.26 Å². The SMILES string of the molecule is CSc1ccc(S(=O)(=O)C[C@@H]2CCN(C(=O)OC(C)(C)C)CC2O)cc1. The van der Waals surface area contributed by atoms with Crippen molar-refractivity contribution in [2.45, 2.75) is 48.7 Å². The standard InChI is InChI=1S/C18H27NO5S2/c1-18(2,3)24-17(21)19-10-9-13(16(20)11-19)12-26(22,23)15-7-5-14(25-4)6-8-15/h5-8,13,16,20H,9-12H2,1-4H3/t13-,16?/m0/s1. The summed E-state index contributed by atoms with van der Waals surface area (Å²) in [5.41, 5.74) is -0.606. The molecular weight excluding hydrogens is 374 g/mol. The van der Waals surface area contributed by atoms with Crippen LogP contribution in [0, 0.1) is 5.92 Å². The van der Waals surface area contributed by atoms with Gasteiger partial charge in [-0.1, -0.05) is 0 Å². The lowest BCUT2D eigenvalue weighted by Crippen LogP contribution is -2.49. The van der Waals surface area contributed by atoms with Gasteiger partial charge in [-0.15, -0.1) is 11.8 Å². The van der Waals surface area contributed by atoms with Gasteiger partial charge in [0.25, 0.3) is 0 Å². The Labute approximate surface area is 159 Å². The lowest BCUT2D eigenvalue weighted by atomic mass is 9.96. The Morgan fingerprint density at radius 2 is 1.92 bits per heavy atom. The van der Waals surface area contributed by atoms with Crippen molar-refractivity contribution in [2.24, 2.45) is 5.92 Å². The number of ether oxygens (including phenoxy) is 1. The second kappa shape index (κ2) is 8.19. The number of hydrogen-bond acceptors (Lipinski definition) is 6. The van der Waals surface area contributed by atoms with Gasteiger partial charge >= 0.3 is 6.09 Å². The van der Waals surface area contributed by atoms with Gasteiger partial charge in [0.1, 0.15) is 5.60 Å². The van der Waals surface area contributed by atoms with E-state index in [1.54, 1.807) is 56.8 Å². The number of carbonyl (C=O) groups is 1. The van der Waals surface area contributed by atoms with Crippen molar-refractivity contribution < 1.29 is 23.1 Å². The zero-order valence-electron chi connectivity index (χ0n) is 15.6. The highest BCUT2D eigenvalue weighted by Crippen LogP contribution is 2.25. The number of hydrogen-bond donors (Lipinski definition) is 1. The van der Waals surface area contributed by atoms with Gasteiger partial charge in [0, 0.05) is 17.4 Å².